The first-order chi connectivity index (χ1) is 17.7. The molecule has 6 rings (SSSR count). The average molecular weight is 558 g/mol. The van der Waals surface area contributed by atoms with Gasteiger partial charge in [0.2, 0.25) is 5.91 Å². The summed E-state index contributed by atoms with van der Waals surface area (Å²) in [6.07, 6.45) is 2.00. The van der Waals surface area contributed by atoms with Gasteiger partial charge in [0, 0.05) is 33.5 Å². The van der Waals surface area contributed by atoms with Crippen LogP contribution in [0.15, 0.2) is 64.4 Å². The molecule has 1 amide bonds. The minimum atomic E-state index is -1.66. The summed E-state index contributed by atoms with van der Waals surface area (Å²) in [5, 5.41) is 11.5. The fourth-order valence-electron chi connectivity index (χ4n) is 5.07. The number of carbonyl (C=O) groups excluding carboxylic acids is 2. The van der Waals surface area contributed by atoms with E-state index in [1.54, 1.807) is 11.0 Å². The Balaban J connectivity index is 1.42. The van der Waals surface area contributed by atoms with Crippen LogP contribution in [0.1, 0.15) is 28.8 Å². The Labute approximate surface area is 224 Å². The molecule has 2 heterocycles. The second kappa shape index (κ2) is 8.75. The molecule has 0 N–H and O–H groups in total. The summed E-state index contributed by atoms with van der Waals surface area (Å²) in [5.41, 5.74) is 1.37. The maximum absolute atomic E-state index is 15.3. The summed E-state index contributed by atoms with van der Waals surface area (Å²) in [7, 11) is 0. The number of amides is 1. The van der Waals surface area contributed by atoms with Crippen molar-refractivity contribution in [1.82, 2.24) is 4.57 Å². The number of halogens is 4. The lowest BCUT2D eigenvalue weighted by Gasteiger charge is -2.19. The Morgan fingerprint density at radius 3 is 2.49 bits per heavy atom. The summed E-state index contributed by atoms with van der Waals surface area (Å²) < 4.78 is 31.5. The minimum Gasteiger partial charge on any atom is -0.545 e. The molecule has 3 aromatic carbocycles. The van der Waals surface area contributed by atoms with Crippen LogP contribution in [-0.4, -0.2) is 23.0 Å². The molecule has 5 nitrogen and oxygen atoms in total. The molecular formula is C27H17Cl2F2N2O3S-. The van der Waals surface area contributed by atoms with Crippen LogP contribution in [-0.2, 0) is 16.8 Å². The smallest absolute Gasteiger partial charge is 0.247 e. The Bertz CT molecular complexity index is 1630. The first-order valence-electron chi connectivity index (χ1n) is 11.4. The number of fused-ring (bicyclic) bond motifs is 3. The van der Waals surface area contributed by atoms with E-state index in [9.17, 15) is 19.1 Å². The SMILES string of the molecule is O=C([O-])c1cccc(Sc2c(Cl)n(CC(=O)N3CC4(CC4)c4ccccc43)c3c(F)c(Cl)ccc23)c1F. The molecule has 2 aliphatic rings. The van der Waals surface area contributed by atoms with Crippen LogP contribution in [0.25, 0.3) is 10.9 Å². The third kappa shape index (κ3) is 3.81. The largest absolute Gasteiger partial charge is 0.545 e. The number of carboxylic acid groups (broad SMARTS) is 1. The zero-order valence-electron chi connectivity index (χ0n) is 19.1. The van der Waals surface area contributed by atoms with Gasteiger partial charge in [0.1, 0.15) is 17.5 Å². The second-order valence-electron chi connectivity index (χ2n) is 9.25. The standard InChI is InChI=1S/C27H18Cl2F2N2O3S/c28-17-9-8-15-23(22(17)31)32(25(29)24(15)37-19-7-3-4-14(21(19)30)26(35)36)12-20(34)33-13-27(10-11-27)16-5-1-2-6-18(16)33/h1-9H,10-13H2,(H,35,36)/p-1. The van der Waals surface area contributed by atoms with E-state index in [0.29, 0.717) is 11.9 Å². The molecule has 1 saturated carbocycles. The van der Waals surface area contributed by atoms with Crippen molar-refractivity contribution in [2.24, 2.45) is 0 Å². The number of carbonyl (C=O) groups is 2. The van der Waals surface area contributed by atoms with E-state index < -0.39 is 23.2 Å². The predicted octanol–water partition coefficient (Wildman–Crippen LogP) is 5.82. The number of anilines is 1. The number of aromatic nitrogens is 1. The molecule has 10 heteroatoms. The molecule has 0 bridgehead atoms. The number of aromatic carboxylic acids is 1. The summed E-state index contributed by atoms with van der Waals surface area (Å²) >= 11 is 13.6. The van der Waals surface area contributed by atoms with Gasteiger partial charge in [0.15, 0.2) is 5.82 Å². The third-order valence-corrected chi connectivity index (χ3v) is 9.03. The number of benzene rings is 3. The van der Waals surface area contributed by atoms with Crippen LogP contribution in [0.4, 0.5) is 14.5 Å². The highest BCUT2D eigenvalue weighted by Crippen LogP contribution is 2.56. The van der Waals surface area contributed by atoms with Gasteiger partial charge >= 0.3 is 0 Å². The number of hydrogen-bond acceptors (Lipinski definition) is 4. The molecule has 1 aliphatic heterocycles. The van der Waals surface area contributed by atoms with Crippen molar-refractivity contribution in [3.8, 4) is 0 Å². The molecule has 1 spiro atoms. The van der Waals surface area contributed by atoms with Gasteiger partial charge in [-0.15, -0.1) is 0 Å². The highest BCUT2D eigenvalue weighted by molar-refractivity contribution is 7.99. The topological polar surface area (TPSA) is 65.4 Å². The molecule has 188 valence electrons. The Morgan fingerprint density at radius 2 is 1.76 bits per heavy atom. The van der Waals surface area contributed by atoms with E-state index >= 15 is 4.39 Å². The van der Waals surface area contributed by atoms with Crippen molar-refractivity contribution < 1.29 is 23.5 Å². The van der Waals surface area contributed by atoms with Gasteiger partial charge < -0.3 is 19.4 Å². The van der Waals surface area contributed by atoms with Crippen LogP contribution in [0, 0.1) is 11.6 Å². The first kappa shape index (κ1) is 24.3. The zero-order valence-corrected chi connectivity index (χ0v) is 21.4. The number of carboxylic acids is 1. The second-order valence-corrected chi connectivity index (χ2v) is 11.1. The maximum Gasteiger partial charge on any atom is 0.247 e. The summed E-state index contributed by atoms with van der Waals surface area (Å²) in [6.45, 7) is 0.285. The molecule has 1 aliphatic carbocycles. The molecule has 4 aromatic rings. The lowest BCUT2D eigenvalue weighted by atomic mass is 9.99. The van der Waals surface area contributed by atoms with E-state index in [2.05, 4.69) is 0 Å². The van der Waals surface area contributed by atoms with E-state index in [-0.39, 0.29) is 43.4 Å². The van der Waals surface area contributed by atoms with Gasteiger partial charge in [-0.25, -0.2) is 8.78 Å². The van der Waals surface area contributed by atoms with Crippen molar-refractivity contribution in [3.63, 3.8) is 0 Å². The first-order valence-corrected chi connectivity index (χ1v) is 13.0. The lowest BCUT2D eigenvalue weighted by molar-refractivity contribution is -0.255. The van der Waals surface area contributed by atoms with Crippen molar-refractivity contribution >= 4 is 63.4 Å². The lowest BCUT2D eigenvalue weighted by Crippen LogP contribution is -2.34. The number of nitrogens with zero attached hydrogens (tertiary/aromatic N) is 2. The third-order valence-electron chi connectivity index (χ3n) is 7.08. The minimum absolute atomic E-state index is 0.0124. The monoisotopic (exact) mass is 557 g/mol. The average Bonchev–Trinajstić information content (AvgIpc) is 3.52. The Morgan fingerprint density at radius 1 is 1.00 bits per heavy atom. The Hall–Kier alpha value is -3.07. The van der Waals surface area contributed by atoms with Crippen LogP contribution >= 0.6 is 35.0 Å². The summed E-state index contributed by atoms with van der Waals surface area (Å²) in [6, 6.07) is 14.5. The fraction of sp³-hybridized carbons (Fsp3) is 0.185. The summed E-state index contributed by atoms with van der Waals surface area (Å²) in [5.74, 6) is -3.67. The van der Waals surface area contributed by atoms with Crippen molar-refractivity contribution in [3.05, 3.63) is 87.5 Å². The Kier molecular flexibility index (Phi) is 5.74. The quantitative estimate of drug-likeness (QED) is 0.310. The highest BCUT2D eigenvalue weighted by Gasteiger charge is 2.52. The molecule has 0 unspecified atom stereocenters. The zero-order chi connectivity index (χ0) is 26.1. The fourth-order valence-corrected chi connectivity index (χ4v) is 6.62. The van der Waals surface area contributed by atoms with Crippen molar-refractivity contribution in [2.75, 3.05) is 11.4 Å². The van der Waals surface area contributed by atoms with Crippen LogP contribution in [0.5, 0.6) is 0 Å². The highest BCUT2D eigenvalue weighted by atomic mass is 35.5. The van der Waals surface area contributed by atoms with E-state index in [4.69, 9.17) is 23.2 Å². The molecule has 37 heavy (non-hydrogen) atoms. The van der Waals surface area contributed by atoms with Crippen molar-refractivity contribution in [2.45, 2.75) is 34.6 Å². The van der Waals surface area contributed by atoms with Gasteiger partial charge in [-0.3, -0.25) is 4.79 Å². The normalized spacial score (nSPS) is 15.4. The molecular weight excluding hydrogens is 541 g/mol. The van der Waals surface area contributed by atoms with Gasteiger partial charge in [0.25, 0.3) is 0 Å². The van der Waals surface area contributed by atoms with Crippen molar-refractivity contribution in [1.29, 1.82) is 0 Å². The van der Waals surface area contributed by atoms with Gasteiger partial charge in [-0.05, 0) is 42.7 Å². The van der Waals surface area contributed by atoms with Crippen LogP contribution in [0.3, 0.4) is 0 Å². The van der Waals surface area contributed by atoms with Gasteiger partial charge in [-0.2, -0.15) is 0 Å². The van der Waals surface area contributed by atoms with E-state index in [0.717, 1.165) is 41.9 Å². The van der Waals surface area contributed by atoms with Gasteiger partial charge in [0.05, 0.1) is 21.4 Å². The maximum atomic E-state index is 15.3. The predicted molar refractivity (Wildman–Crippen MR) is 136 cm³/mol. The molecule has 1 fully saturated rings. The molecule has 1 aromatic heterocycles. The van der Waals surface area contributed by atoms with Crippen LogP contribution in [0.2, 0.25) is 10.2 Å². The molecule has 0 atom stereocenters. The van der Waals surface area contributed by atoms with Gasteiger partial charge in [-0.1, -0.05) is 65.3 Å². The van der Waals surface area contributed by atoms with E-state index in [1.165, 1.54) is 22.8 Å². The van der Waals surface area contributed by atoms with E-state index in [1.807, 2.05) is 24.3 Å². The number of hydrogen-bond donors (Lipinski definition) is 0. The molecule has 0 saturated heterocycles. The number of rotatable bonds is 5. The molecule has 0 radical (unpaired) electrons. The number of para-hydroxylation sites is 1. The van der Waals surface area contributed by atoms with Crippen LogP contribution < -0.4 is 10.0 Å². The summed E-state index contributed by atoms with van der Waals surface area (Å²) in [4.78, 5) is 26.8.